The van der Waals surface area contributed by atoms with Crippen molar-refractivity contribution >= 4 is 34.5 Å². The van der Waals surface area contributed by atoms with E-state index in [1.807, 2.05) is 36.1 Å². The third kappa shape index (κ3) is 4.95. The van der Waals surface area contributed by atoms with Gasteiger partial charge in [-0.25, -0.2) is 5.48 Å². The van der Waals surface area contributed by atoms with Crippen LogP contribution in [0.1, 0.15) is 46.0 Å². The van der Waals surface area contributed by atoms with Gasteiger partial charge >= 0.3 is 0 Å². The number of carbonyl (C=O) groups is 1. The van der Waals surface area contributed by atoms with E-state index in [1.54, 1.807) is 11.6 Å². The van der Waals surface area contributed by atoms with Crippen molar-refractivity contribution in [1.82, 2.24) is 25.1 Å². The lowest BCUT2D eigenvalue weighted by atomic mass is 10.0. The summed E-state index contributed by atoms with van der Waals surface area (Å²) in [6.45, 7) is 3.86. The van der Waals surface area contributed by atoms with E-state index in [9.17, 15) is 4.79 Å². The third-order valence-electron chi connectivity index (χ3n) is 7.30. The second-order valence-electron chi connectivity index (χ2n) is 9.43. The third-order valence-corrected chi connectivity index (χ3v) is 7.53. The number of nitrogens with zero attached hydrogens (tertiary/aromatic N) is 3. The maximum absolute atomic E-state index is 11.4. The molecule has 0 fully saturated rings. The first-order valence-corrected chi connectivity index (χ1v) is 12.5. The Kier molecular flexibility index (Phi) is 6.96. The highest BCUT2D eigenvalue weighted by Gasteiger charge is 2.29. The number of benzene rings is 2. The molecule has 2 aromatic carbocycles. The molecule has 1 unspecified atom stereocenters. The second-order valence-corrected chi connectivity index (χ2v) is 9.86. The number of rotatable bonds is 8. The van der Waals surface area contributed by atoms with E-state index in [0.29, 0.717) is 6.04 Å². The summed E-state index contributed by atoms with van der Waals surface area (Å²) in [6, 6.07) is 12.7. The lowest BCUT2D eigenvalue weighted by Gasteiger charge is -2.30. The summed E-state index contributed by atoms with van der Waals surface area (Å²) in [5.74, 6) is -0.536. The number of nitrogens with one attached hydrogen (secondary N) is 2. The van der Waals surface area contributed by atoms with E-state index in [4.69, 9.17) is 16.8 Å². The fourth-order valence-electron chi connectivity index (χ4n) is 5.20. The first-order chi connectivity index (χ1) is 17.4. The molecule has 5 rings (SSSR count). The Hall–Kier alpha value is -3.39. The normalized spacial score (nSPS) is 15.3. The van der Waals surface area contributed by atoms with E-state index in [2.05, 4.69) is 46.3 Å². The highest BCUT2D eigenvalue weighted by molar-refractivity contribution is 6.31. The SMILES string of the molecule is Cc1c(CN(CCc2c[nH]c3cc(Cl)ccc23)C2CCc3cc(C=CC(=O)NO)ccc32)cnn1C. The summed E-state index contributed by atoms with van der Waals surface area (Å²) in [5, 5.41) is 15.1. The zero-order valence-corrected chi connectivity index (χ0v) is 21.2. The van der Waals surface area contributed by atoms with Gasteiger partial charge in [0.15, 0.2) is 0 Å². The molecule has 8 heteroatoms. The molecule has 1 atom stereocenters. The van der Waals surface area contributed by atoms with Gasteiger partial charge in [0.2, 0.25) is 0 Å². The molecule has 0 bridgehead atoms. The molecular formula is C28H30ClN5O2. The molecule has 2 heterocycles. The Morgan fingerprint density at radius 1 is 1.31 bits per heavy atom. The van der Waals surface area contributed by atoms with Gasteiger partial charge in [-0.15, -0.1) is 0 Å². The molecule has 0 saturated carbocycles. The Morgan fingerprint density at radius 2 is 2.17 bits per heavy atom. The minimum atomic E-state index is -0.536. The number of hydrogen-bond donors (Lipinski definition) is 3. The zero-order chi connectivity index (χ0) is 25.2. The van der Waals surface area contributed by atoms with Crippen molar-refractivity contribution in [3.05, 3.63) is 93.4 Å². The monoisotopic (exact) mass is 503 g/mol. The topological polar surface area (TPSA) is 86.2 Å². The Balaban J connectivity index is 1.41. The summed E-state index contributed by atoms with van der Waals surface area (Å²) in [7, 11) is 1.98. The molecule has 186 valence electrons. The van der Waals surface area contributed by atoms with E-state index in [0.717, 1.165) is 48.5 Å². The van der Waals surface area contributed by atoms with Gasteiger partial charge in [0.05, 0.1) is 6.20 Å². The fraction of sp³-hybridized carbons (Fsp3) is 0.286. The molecule has 0 radical (unpaired) electrons. The van der Waals surface area contributed by atoms with Gasteiger partial charge < -0.3 is 4.98 Å². The lowest BCUT2D eigenvalue weighted by molar-refractivity contribution is -0.124. The lowest BCUT2D eigenvalue weighted by Crippen LogP contribution is -2.29. The number of hydrogen-bond acceptors (Lipinski definition) is 4. The smallest absolute Gasteiger partial charge is 0.267 e. The standard InChI is InChI=1S/C28H30ClN5O2/c1-18-22(16-31-33(18)2)17-34(12-11-21-15-30-26-14-23(29)6-8-24(21)26)27-9-5-20-13-19(3-7-25(20)27)4-10-28(35)32-36/h3-4,6-8,10,13-16,27,30,36H,5,9,11-12,17H2,1-2H3,(H,32,35). The summed E-state index contributed by atoms with van der Waals surface area (Å²) in [6.07, 6.45) is 10.1. The maximum atomic E-state index is 11.4. The van der Waals surface area contributed by atoms with Gasteiger partial charge in [-0.05, 0) is 66.6 Å². The minimum Gasteiger partial charge on any atom is -0.361 e. The van der Waals surface area contributed by atoms with E-state index < -0.39 is 5.91 Å². The van der Waals surface area contributed by atoms with E-state index >= 15 is 0 Å². The Bertz CT molecular complexity index is 1440. The number of aryl methyl sites for hydroxylation is 2. The van der Waals surface area contributed by atoms with Crippen molar-refractivity contribution in [2.24, 2.45) is 7.05 Å². The number of halogens is 1. The number of hydroxylamine groups is 1. The number of amides is 1. The van der Waals surface area contributed by atoms with Crippen LogP contribution in [0.25, 0.3) is 17.0 Å². The predicted octanol–water partition coefficient (Wildman–Crippen LogP) is 5.11. The fourth-order valence-corrected chi connectivity index (χ4v) is 5.37. The molecule has 2 aromatic heterocycles. The molecule has 0 aliphatic heterocycles. The van der Waals surface area contributed by atoms with Crippen LogP contribution < -0.4 is 5.48 Å². The van der Waals surface area contributed by atoms with Gasteiger partial charge in [-0.2, -0.15) is 5.10 Å². The van der Waals surface area contributed by atoms with Crippen LogP contribution in [0.15, 0.2) is 54.9 Å². The maximum Gasteiger partial charge on any atom is 0.267 e. The van der Waals surface area contributed by atoms with Gasteiger partial charge in [-0.1, -0.05) is 35.9 Å². The number of H-pyrrole nitrogens is 1. The predicted molar refractivity (Wildman–Crippen MR) is 142 cm³/mol. The Morgan fingerprint density at radius 3 is 2.94 bits per heavy atom. The van der Waals surface area contributed by atoms with Crippen molar-refractivity contribution < 1.29 is 10.0 Å². The first kappa shape index (κ1) is 24.3. The summed E-state index contributed by atoms with van der Waals surface area (Å²) < 4.78 is 1.93. The van der Waals surface area contributed by atoms with Crippen molar-refractivity contribution in [1.29, 1.82) is 0 Å². The average Bonchev–Trinajstić information content (AvgIpc) is 3.57. The van der Waals surface area contributed by atoms with Crippen LogP contribution in [0.4, 0.5) is 0 Å². The molecule has 0 saturated heterocycles. The molecule has 1 aliphatic rings. The van der Waals surface area contributed by atoms with Gasteiger partial charge in [0, 0.05) is 65.6 Å². The van der Waals surface area contributed by atoms with Crippen molar-refractivity contribution in [2.45, 2.75) is 38.8 Å². The van der Waals surface area contributed by atoms with Crippen LogP contribution >= 0.6 is 11.6 Å². The van der Waals surface area contributed by atoms with E-state index in [-0.39, 0.29) is 0 Å². The number of fused-ring (bicyclic) bond motifs is 2. The Labute approximate surface area is 215 Å². The number of aromatic amines is 1. The molecule has 7 nitrogen and oxygen atoms in total. The largest absolute Gasteiger partial charge is 0.361 e. The molecule has 4 aromatic rings. The first-order valence-electron chi connectivity index (χ1n) is 12.1. The summed E-state index contributed by atoms with van der Waals surface area (Å²) >= 11 is 6.18. The summed E-state index contributed by atoms with van der Waals surface area (Å²) in [4.78, 5) is 17.3. The van der Waals surface area contributed by atoms with Crippen molar-refractivity contribution in [3.8, 4) is 0 Å². The minimum absolute atomic E-state index is 0.304. The average molecular weight is 504 g/mol. The quantitative estimate of drug-likeness (QED) is 0.177. The van der Waals surface area contributed by atoms with Crippen LogP contribution in [-0.4, -0.2) is 37.3 Å². The van der Waals surface area contributed by atoms with Crippen LogP contribution in [0.5, 0.6) is 0 Å². The molecule has 0 spiro atoms. The molecule has 1 aliphatic carbocycles. The van der Waals surface area contributed by atoms with Crippen LogP contribution in [-0.2, 0) is 31.2 Å². The highest BCUT2D eigenvalue weighted by atomic mass is 35.5. The van der Waals surface area contributed by atoms with Gasteiger partial charge in [0.1, 0.15) is 0 Å². The zero-order valence-electron chi connectivity index (χ0n) is 20.5. The van der Waals surface area contributed by atoms with Crippen LogP contribution in [0.2, 0.25) is 5.02 Å². The van der Waals surface area contributed by atoms with Gasteiger partial charge in [0.25, 0.3) is 5.91 Å². The molecular weight excluding hydrogens is 474 g/mol. The van der Waals surface area contributed by atoms with Crippen LogP contribution in [0.3, 0.4) is 0 Å². The molecule has 36 heavy (non-hydrogen) atoms. The number of aromatic nitrogens is 3. The molecule has 1 amide bonds. The number of carbonyl (C=O) groups excluding carboxylic acids is 1. The second kappa shape index (κ2) is 10.3. The van der Waals surface area contributed by atoms with Gasteiger partial charge in [-0.3, -0.25) is 19.6 Å². The van der Waals surface area contributed by atoms with Crippen LogP contribution in [0, 0.1) is 6.92 Å². The molecule has 3 N–H and O–H groups in total. The highest BCUT2D eigenvalue weighted by Crippen LogP contribution is 2.38. The van der Waals surface area contributed by atoms with E-state index in [1.165, 1.54) is 39.4 Å². The summed E-state index contributed by atoms with van der Waals surface area (Å²) in [5.41, 5.74) is 10.0. The van der Waals surface area contributed by atoms with Crippen molar-refractivity contribution in [2.75, 3.05) is 6.54 Å². The van der Waals surface area contributed by atoms with Crippen molar-refractivity contribution in [3.63, 3.8) is 0 Å².